The van der Waals surface area contributed by atoms with Crippen molar-refractivity contribution in [2.24, 2.45) is 0 Å². The minimum Gasteiger partial charge on any atom is -0.455 e. The number of ether oxygens (including phenoxy) is 2. The van der Waals surface area contributed by atoms with Gasteiger partial charge < -0.3 is 24.8 Å². The van der Waals surface area contributed by atoms with Gasteiger partial charge in [-0.15, -0.1) is 0 Å². The number of aliphatic hydroxyl groups is 3. The molecule has 0 aromatic rings. The molecule has 3 N–H and O–H groups in total. The Hall–Kier alpha value is -0.110. The highest BCUT2D eigenvalue weighted by Gasteiger charge is 2.40. The van der Waals surface area contributed by atoms with Crippen LogP contribution in [0, 0.1) is 0 Å². The normalized spacial score (nSPS) is 35.1. The average molecular weight is 275 g/mol. The van der Waals surface area contributed by atoms with E-state index in [4.69, 9.17) is 42.9 Å². The molecule has 0 radical (unpaired) electrons. The summed E-state index contributed by atoms with van der Waals surface area (Å²) in [6.45, 7) is -0.513. The highest BCUT2D eigenvalue weighted by molar-refractivity contribution is 6.52. The maximum Gasteiger partial charge on any atom is 0.339 e. The summed E-state index contributed by atoms with van der Waals surface area (Å²) in [5.41, 5.74) is 0. The van der Waals surface area contributed by atoms with Crippen LogP contribution < -0.4 is 0 Å². The number of esters is 1. The lowest BCUT2D eigenvalue weighted by Gasteiger charge is -2.36. The number of halogens is 2. The fourth-order valence-corrected chi connectivity index (χ4v) is 1.51. The van der Waals surface area contributed by atoms with Gasteiger partial charge in [0.1, 0.15) is 6.10 Å². The van der Waals surface area contributed by atoms with Crippen molar-refractivity contribution in [2.75, 3.05) is 6.61 Å². The van der Waals surface area contributed by atoms with Crippen LogP contribution in [0.1, 0.15) is 6.42 Å². The van der Waals surface area contributed by atoms with Crippen LogP contribution in [0.3, 0.4) is 0 Å². The van der Waals surface area contributed by atoms with Crippen molar-refractivity contribution in [3.63, 3.8) is 0 Å². The molecule has 8 heteroatoms. The summed E-state index contributed by atoms with van der Waals surface area (Å²) in [6, 6.07) is 0. The molecule has 0 aromatic carbocycles. The molecule has 1 aliphatic heterocycles. The first-order valence-electron chi connectivity index (χ1n) is 4.56. The van der Waals surface area contributed by atoms with Crippen molar-refractivity contribution in [3.8, 4) is 0 Å². The molecule has 1 heterocycles. The van der Waals surface area contributed by atoms with Crippen LogP contribution in [0.5, 0.6) is 0 Å². The lowest BCUT2D eigenvalue weighted by atomic mass is 10.0. The van der Waals surface area contributed by atoms with E-state index in [0.29, 0.717) is 0 Å². The highest BCUT2D eigenvalue weighted by Crippen LogP contribution is 2.22. The Morgan fingerprint density at radius 3 is 2.62 bits per heavy atom. The van der Waals surface area contributed by atoms with E-state index in [1.54, 1.807) is 0 Å². The van der Waals surface area contributed by atoms with Crippen molar-refractivity contribution >= 4 is 29.2 Å². The van der Waals surface area contributed by atoms with Gasteiger partial charge in [-0.25, -0.2) is 4.79 Å². The quantitative estimate of drug-likeness (QED) is 0.459. The lowest BCUT2D eigenvalue weighted by molar-refractivity contribution is -0.246. The Morgan fingerprint density at radius 1 is 1.50 bits per heavy atom. The summed E-state index contributed by atoms with van der Waals surface area (Å²) in [5, 5.41) is 27.7. The Labute approximate surface area is 102 Å². The first-order valence-corrected chi connectivity index (χ1v) is 5.44. The molecule has 1 saturated heterocycles. The van der Waals surface area contributed by atoms with Crippen LogP contribution in [-0.4, -0.2) is 57.3 Å². The van der Waals surface area contributed by atoms with Gasteiger partial charge in [-0.05, 0) is 0 Å². The van der Waals surface area contributed by atoms with Crippen LogP contribution >= 0.6 is 23.2 Å². The predicted molar refractivity (Wildman–Crippen MR) is 54.0 cm³/mol. The van der Waals surface area contributed by atoms with E-state index in [0.717, 1.165) is 0 Å². The molecule has 1 unspecified atom stereocenters. The van der Waals surface area contributed by atoms with Crippen LogP contribution in [0.25, 0.3) is 0 Å². The summed E-state index contributed by atoms with van der Waals surface area (Å²) in [6.07, 6.45) is -4.57. The second-order valence-electron chi connectivity index (χ2n) is 3.32. The number of rotatable bonds is 3. The minimum atomic E-state index is -1.38. The first kappa shape index (κ1) is 14.0. The number of alkyl halides is 2. The summed E-state index contributed by atoms with van der Waals surface area (Å²) in [4.78, 5) is 9.73. The molecule has 0 amide bonds. The Bertz CT molecular complexity index is 249. The van der Waals surface area contributed by atoms with Gasteiger partial charge in [0.05, 0.1) is 12.7 Å². The van der Waals surface area contributed by atoms with Crippen LogP contribution in [0.15, 0.2) is 0 Å². The van der Waals surface area contributed by atoms with Crippen LogP contribution in [0.4, 0.5) is 0 Å². The fraction of sp³-hybridized carbons (Fsp3) is 0.875. The van der Waals surface area contributed by atoms with Crippen molar-refractivity contribution in [2.45, 2.75) is 35.9 Å². The van der Waals surface area contributed by atoms with Crippen LogP contribution in [0.2, 0.25) is 0 Å². The molecule has 4 atom stereocenters. The largest absolute Gasteiger partial charge is 0.455 e. The molecule has 0 aliphatic carbocycles. The van der Waals surface area contributed by atoms with Gasteiger partial charge in [0, 0.05) is 6.42 Å². The first-order chi connectivity index (χ1) is 7.45. The van der Waals surface area contributed by atoms with Crippen LogP contribution in [-0.2, 0) is 14.3 Å². The molecule has 0 bridgehead atoms. The van der Waals surface area contributed by atoms with Gasteiger partial charge in [0.2, 0.25) is 4.84 Å². The number of carbonyl (C=O) groups excluding carboxylic acids is 1. The van der Waals surface area contributed by atoms with E-state index in [2.05, 4.69) is 0 Å². The fourth-order valence-electron chi connectivity index (χ4n) is 1.41. The minimum absolute atomic E-state index is 0.121. The van der Waals surface area contributed by atoms with Crippen molar-refractivity contribution in [1.29, 1.82) is 0 Å². The monoisotopic (exact) mass is 274 g/mol. The number of hydrogen-bond acceptors (Lipinski definition) is 6. The smallest absolute Gasteiger partial charge is 0.339 e. The van der Waals surface area contributed by atoms with Gasteiger partial charge >= 0.3 is 5.97 Å². The highest BCUT2D eigenvalue weighted by atomic mass is 35.5. The molecule has 6 nitrogen and oxygen atoms in total. The SMILES string of the molecule is O=C(O[C@@H]1C(CO)O[C@@H](O)C[C@@H]1O)C(Cl)Cl. The summed E-state index contributed by atoms with van der Waals surface area (Å²) in [7, 11) is 0. The molecule has 1 aliphatic rings. The van der Waals surface area contributed by atoms with E-state index in [1.165, 1.54) is 0 Å². The Morgan fingerprint density at radius 2 is 2.12 bits per heavy atom. The molecule has 0 spiro atoms. The zero-order valence-electron chi connectivity index (χ0n) is 8.12. The van der Waals surface area contributed by atoms with Gasteiger partial charge in [-0.3, -0.25) is 0 Å². The van der Waals surface area contributed by atoms with E-state index in [9.17, 15) is 9.90 Å². The summed E-state index contributed by atoms with van der Waals surface area (Å²) in [5.74, 6) is -0.939. The third-order valence-electron chi connectivity index (χ3n) is 2.13. The molecular formula is C8H12Cl2O6. The molecular weight excluding hydrogens is 263 g/mol. The Kier molecular flexibility index (Phi) is 5.23. The second-order valence-corrected chi connectivity index (χ2v) is 4.41. The molecule has 0 aromatic heterocycles. The maximum atomic E-state index is 11.1. The molecule has 1 fully saturated rings. The van der Waals surface area contributed by atoms with Crippen molar-refractivity contribution in [3.05, 3.63) is 0 Å². The van der Waals surface area contributed by atoms with Crippen molar-refractivity contribution < 1.29 is 29.6 Å². The van der Waals surface area contributed by atoms with E-state index >= 15 is 0 Å². The van der Waals surface area contributed by atoms with E-state index < -0.39 is 42.0 Å². The van der Waals surface area contributed by atoms with E-state index in [1.807, 2.05) is 0 Å². The third-order valence-corrected chi connectivity index (χ3v) is 2.49. The average Bonchev–Trinajstić information content (AvgIpc) is 2.21. The van der Waals surface area contributed by atoms with Gasteiger partial charge in [0.15, 0.2) is 12.4 Å². The second kappa shape index (κ2) is 6.00. The van der Waals surface area contributed by atoms with E-state index in [-0.39, 0.29) is 6.42 Å². The van der Waals surface area contributed by atoms with Gasteiger partial charge in [-0.1, -0.05) is 23.2 Å². The maximum absolute atomic E-state index is 11.1. The number of carbonyl (C=O) groups is 1. The molecule has 16 heavy (non-hydrogen) atoms. The Balaban J connectivity index is 2.64. The summed E-state index contributed by atoms with van der Waals surface area (Å²) < 4.78 is 9.65. The predicted octanol–water partition coefficient (Wildman–Crippen LogP) is -0.838. The summed E-state index contributed by atoms with van der Waals surface area (Å²) >= 11 is 10.5. The third kappa shape index (κ3) is 3.44. The number of aliphatic hydroxyl groups excluding tert-OH is 3. The molecule has 0 saturated carbocycles. The standard InChI is InChI=1S/C8H12Cl2O6/c9-7(10)8(14)16-6-3(12)1-5(13)15-4(6)2-11/h3-7,11-13H,1-2H2/t3-,4?,5+,6-/m0/s1. The molecule has 94 valence electrons. The van der Waals surface area contributed by atoms with Gasteiger partial charge in [0.25, 0.3) is 0 Å². The lowest BCUT2D eigenvalue weighted by Crippen LogP contribution is -2.52. The zero-order chi connectivity index (χ0) is 12.3. The number of hydrogen-bond donors (Lipinski definition) is 3. The topological polar surface area (TPSA) is 96.2 Å². The van der Waals surface area contributed by atoms with Gasteiger partial charge in [-0.2, -0.15) is 0 Å². The van der Waals surface area contributed by atoms with Crippen molar-refractivity contribution in [1.82, 2.24) is 0 Å². The molecule has 1 rings (SSSR count). The zero-order valence-corrected chi connectivity index (χ0v) is 9.64.